The SMILES string of the molecule is C=C1C[C@@H]2C[C@@H]3C[C@@H](O[Si](C)(C)C(C)(C)C)C[C@@H](O3)c3coc(n3)/C=C/C[C@H]3O[C@@H](/C(C)=C/c4coc(C[C@]5(OC)C[C@H](OC)C[C@H]([C@H](/C=C(C)/C=C/[C@@H](CC#C[Si](C)(C)C)OC)O[Si](C(C)C)(C(C)C)C(C)C)O5)n4)[C@H](C)[C@@H](OC(=O)/C=C/C[C@@H](C1)O2)[C@H]3C. The van der Waals surface area contributed by atoms with Crippen molar-refractivity contribution in [1.82, 2.24) is 9.97 Å². The Morgan fingerprint density at radius 3 is 2.19 bits per heavy atom. The lowest BCUT2D eigenvalue weighted by Gasteiger charge is -2.49. The smallest absolute Gasteiger partial charge is 0.330 e. The van der Waals surface area contributed by atoms with Crippen molar-refractivity contribution in [2.24, 2.45) is 11.8 Å². The molecule has 7 rings (SSSR count). The molecule has 0 spiro atoms. The summed E-state index contributed by atoms with van der Waals surface area (Å²) in [6.45, 7) is 44.8. The van der Waals surface area contributed by atoms with Crippen LogP contribution in [0.4, 0.5) is 0 Å². The van der Waals surface area contributed by atoms with Crippen molar-refractivity contribution in [2.75, 3.05) is 21.3 Å². The average Bonchev–Trinajstić information content (AvgIpc) is 0.946. The molecule has 5 aliphatic heterocycles. The number of hydrogen-bond acceptors (Lipinski definition) is 15. The molecule has 15 nitrogen and oxygen atoms in total. The Morgan fingerprint density at radius 2 is 1.53 bits per heavy atom. The van der Waals surface area contributed by atoms with Gasteiger partial charge in [0.15, 0.2) is 20.0 Å². The molecule has 7 heterocycles. The van der Waals surface area contributed by atoms with E-state index in [4.69, 9.17) is 65.5 Å². The Balaban J connectivity index is 1.14. The van der Waals surface area contributed by atoms with Gasteiger partial charge in [-0.2, -0.15) is 0 Å². The summed E-state index contributed by atoms with van der Waals surface area (Å²) < 4.78 is 80.2. The summed E-state index contributed by atoms with van der Waals surface area (Å²) in [5.41, 5.74) is 8.92. The van der Waals surface area contributed by atoms with Crippen LogP contribution < -0.4 is 0 Å². The maximum absolute atomic E-state index is 13.9. The summed E-state index contributed by atoms with van der Waals surface area (Å²) in [6, 6.07) is 0. The minimum atomic E-state index is -2.46. The fraction of sp³-hybridized carbons (Fsp3) is 0.708. The Hall–Kier alpha value is -3.82. The van der Waals surface area contributed by atoms with Gasteiger partial charge in [0.2, 0.25) is 14.2 Å². The lowest BCUT2D eigenvalue weighted by atomic mass is 9.79. The van der Waals surface area contributed by atoms with E-state index in [0.717, 1.165) is 41.7 Å². The van der Waals surface area contributed by atoms with Gasteiger partial charge >= 0.3 is 5.97 Å². The number of esters is 1. The number of fused-ring (bicyclic) bond motifs is 9. The number of aromatic nitrogens is 2. The van der Waals surface area contributed by atoms with E-state index < -0.39 is 60.9 Å². The monoisotopic (exact) mass is 1300 g/mol. The summed E-state index contributed by atoms with van der Waals surface area (Å²) in [4.78, 5) is 24.0. The first kappa shape index (κ1) is 73.6. The van der Waals surface area contributed by atoms with Crippen LogP contribution in [0, 0.1) is 23.3 Å². The molecule has 0 aliphatic carbocycles. The molecule has 0 radical (unpaired) electrons. The fourth-order valence-electron chi connectivity index (χ4n) is 14.2. The highest BCUT2D eigenvalue weighted by molar-refractivity contribution is 6.83. The number of allylic oxidation sites excluding steroid dienone is 2. The lowest BCUT2D eigenvalue weighted by molar-refractivity contribution is -0.297. The molecular weight excluding hydrogens is 1190 g/mol. The van der Waals surface area contributed by atoms with Crippen molar-refractivity contribution < 1.29 is 60.4 Å². The summed E-state index contributed by atoms with van der Waals surface area (Å²) in [7, 11) is -0.923. The van der Waals surface area contributed by atoms with Crippen LogP contribution in [-0.2, 0) is 58.0 Å². The number of carbonyl (C=O) groups is 1. The molecule has 18 heteroatoms. The number of hydrogen-bond donors (Lipinski definition) is 0. The number of nitrogens with zero attached hydrogens (tertiary/aromatic N) is 2. The zero-order valence-electron chi connectivity index (χ0n) is 58.8. The molecule has 2 aromatic rings. The van der Waals surface area contributed by atoms with E-state index in [2.05, 4.69) is 152 Å². The maximum atomic E-state index is 13.9. The third-order valence-corrected chi connectivity index (χ3v) is 31.4. The third-order valence-electron chi connectivity index (χ3n) is 19.8. The van der Waals surface area contributed by atoms with Crippen LogP contribution >= 0.6 is 0 Å². The minimum absolute atomic E-state index is 0.00393. The van der Waals surface area contributed by atoms with Crippen LogP contribution in [0.5, 0.6) is 0 Å². The first-order valence-electron chi connectivity index (χ1n) is 33.5. The van der Waals surface area contributed by atoms with Gasteiger partial charge in [0.25, 0.3) is 0 Å². The minimum Gasteiger partial charge on any atom is -0.458 e. The fourth-order valence-corrected chi connectivity index (χ4v) is 21.7. The molecule has 2 aromatic heterocycles. The van der Waals surface area contributed by atoms with Crippen molar-refractivity contribution in [3.63, 3.8) is 0 Å². The van der Waals surface area contributed by atoms with E-state index in [0.29, 0.717) is 79.0 Å². The Labute approximate surface area is 544 Å². The summed E-state index contributed by atoms with van der Waals surface area (Å²) in [6.07, 6.45) is 22.7. The topological polar surface area (TPSA) is 161 Å². The molecule has 502 valence electrons. The van der Waals surface area contributed by atoms with Gasteiger partial charge in [0.1, 0.15) is 44.2 Å². The van der Waals surface area contributed by atoms with Crippen LogP contribution in [0.15, 0.2) is 81.1 Å². The molecule has 4 fully saturated rings. The van der Waals surface area contributed by atoms with Crippen LogP contribution in [0.25, 0.3) is 12.2 Å². The van der Waals surface area contributed by atoms with Gasteiger partial charge in [-0.1, -0.05) is 144 Å². The van der Waals surface area contributed by atoms with E-state index >= 15 is 0 Å². The van der Waals surface area contributed by atoms with E-state index in [1.54, 1.807) is 39.9 Å². The van der Waals surface area contributed by atoms with Crippen molar-refractivity contribution in [1.29, 1.82) is 0 Å². The largest absolute Gasteiger partial charge is 0.458 e. The van der Waals surface area contributed by atoms with Crippen LogP contribution in [0.2, 0.25) is 54.4 Å². The van der Waals surface area contributed by atoms with Gasteiger partial charge in [-0.15, -0.1) is 11.5 Å². The first-order chi connectivity index (χ1) is 42.3. The molecule has 0 N–H and O–H groups in total. The second-order valence-corrected chi connectivity index (χ2v) is 45.0. The quantitative estimate of drug-likeness (QED) is 0.0429. The van der Waals surface area contributed by atoms with Crippen LogP contribution in [0.3, 0.4) is 0 Å². The van der Waals surface area contributed by atoms with Gasteiger partial charge in [0.05, 0.1) is 67.5 Å². The molecule has 0 unspecified atom stereocenters. The van der Waals surface area contributed by atoms with E-state index in [1.807, 2.05) is 31.2 Å². The van der Waals surface area contributed by atoms with Crippen molar-refractivity contribution in [3.05, 3.63) is 95.4 Å². The second-order valence-electron chi connectivity index (χ2n) is 30.1. The Kier molecular flexibility index (Phi) is 25.8. The predicted molar refractivity (Wildman–Crippen MR) is 365 cm³/mol. The second kappa shape index (κ2) is 31.6. The number of ether oxygens (including phenoxy) is 8. The molecular formula is C72H114N2O13Si3. The lowest BCUT2D eigenvalue weighted by Crippen LogP contribution is -2.57. The standard InChI is InChI=1S/C72H114N2O13Si3/c1-46(2)90(47(3)4,48(5)6)87-65(36-49(7)31-32-55(76-15)27-25-33-88(18,19)20)64-41-60(77-16)42-72(78-17,85-64)43-67-73-54(44-79-67)37-51(9)69-53(11)70-52(10)62(83-69)28-24-29-66-74-61(45-80-66)63-40-59(86-89(21,22)71(12,13)14)39-58(82-63)38-57-35-50(8)34-56(81-57)26-23-30-68(75)84-70/h23-24,29-32,36-37,44-48,52-53,55-60,62-65,69-70H,8,26-28,34-35,38-43H2,1-7,9-22H3/b29-24+,30-23+,32-31+,49-36+,51-37+/t52-,53-,55+,56-,57+,58+,59+,60+,62+,63+,64+,65-,69-,70-,72-/m0/s1. The molecule has 0 amide bonds. The van der Waals surface area contributed by atoms with E-state index in [1.165, 1.54) is 0 Å². The normalized spacial score (nSPS) is 31.2. The maximum Gasteiger partial charge on any atom is 0.330 e. The molecule has 5 aliphatic rings. The van der Waals surface area contributed by atoms with E-state index in [-0.39, 0.29) is 72.1 Å². The molecule has 4 saturated heterocycles. The van der Waals surface area contributed by atoms with Gasteiger partial charge in [-0.05, 0) is 98.4 Å². The van der Waals surface area contributed by atoms with Crippen molar-refractivity contribution in [3.8, 4) is 11.5 Å². The zero-order valence-corrected chi connectivity index (χ0v) is 61.8. The van der Waals surface area contributed by atoms with Crippen LogP contribution in [0.1, 0.15) is 183 Å². The Bertz CT molecular complexity index is 2880. The van der Waals surface area contributed by atoms with Gasteiger partial charge < -0.3 is 55.6 Å². The molecule has 0 aromatic carbocycles. The van der Waals surface area contributed by atoms with Crippen molar-refractivity contribution in [2.45, 2.75) is 294 Å². The summed E-state index contributed by atoms with van der Waals surface area (Å²) in [5.74, 6) is 2.37. The number of methoxy groups -OCH3 is 3. The number of rotatable bonds is 19. The average molecular weight is 1300 g/mol. The van der Waals surface area contributed by atoms with E-state index in [9.17, 15) is 4.79 Å². The summed E-state index contributed by atoms with van der Waals surface area (Å²) in [5, 5.41) is 0.0525. The Morgan fingerprint density at radius 1 is 0.833 bits per heavy atom. The first-order valence-corrected chi connectivity index (χ1v) is 42.1. The molecule has 0 saturated carbocycles. The number of oxazole rings is 2. The van der Waals surface area contributed by atoms with Gasteiger partial charge in [-0.25, -0.2) is 14.8 Å². The zero-order chi connectivity index (χ0) is 66.1. The van der Waals surface area contributed by atoms with Gasteiger partial charge in [0, 0.05) is 71.3 Å². The van der Waals surface area contributed by atoms with Crippen molar-refractivity contribution >= 4 is 42.8 Å². The highest BCUT2D eigenvalue weighted by atomic mass is 28.4. The number of carbonyl (C=O) groups excluding carboxylic acids is 1. The highest BCUT2D eigenvalue weighted by Crippen LogP contribution is 2.47. The van der Waals surface area contributed by atoms with Crippen LogP contribution in [-0.4, -0.2) is 135 Å². The molecule has 90 heavy (non-hydrogen) atoms. The summed E-state index contributed by atoms with van der Waals surface area (Å²) >= 11 is 0. The molecule has 15 atom stereocenters. The molecule has 8 bridgehead atoms. The third kappa shape index (κ3) is 19.4. The highest BCUT2D eigenvalue weighted by Gasteiger charge is 2.52. The predicted octanol–water partition coefficient (Wildman–Crippen LogP) is 16.6. The van der Waals surface area contributed by atoms with Gasteiger partial charge in [-0.3, -0.25) is 0 Å².